The van der Waals surface area contributed by atoms with Crippen molar-refractivity contribution in [2.45, 2.75) is 38.5 Å². The molecule has 33 heavy (non-hydrogen) atoms. The maximum Gasteiger partial charge on any atom is 0.237 e. The van der Waals surface area contributed by atoms with Crippen LogP contribution in [0.15, 0.2) is 60.7 Å². The number of hydrogen-bond acceptors (Lipinski definition) is 5. The second-order valence-electron chi connectivity index (χ2n) is 8.56. The van der Waals surface area contributed by atoms with Crippen LogP contribution in [0.1, 0.15) is 24.5 Å². The molecule has 0 spiro atoms. The summed E-state index contributed by atoms with van der Waals surface area (Å²) in [6.45, 7) is 4.85. The van der Waals surface area contributed by atoms with Gasteiger partial charge in [-0.1, -0.05) is 36.4 Å². The van der Waals surface area contributed by atoms with Crippen LogP contribution in [0.4, 0.5) is 0 Å². The number of likely N-dealkylation sites (tertiary alicyclic amines) is 1. The van der Waals surface area contributed by atoms with Crippen molar-refractivity contribution in [1.82, 2.24) is 15.5 Å². The van der Waals surface area contributed by atoms with Gasteiger partial charge in [0, 0.05) is 38.3 Å². The molecule has 1 heterocycles. The molecule has 1 saturated heterocycles. The van der Waals surface area contributed by atoms with Crippen molar-refractivity contribution in [2.75, 3.05) is 27.3 Å². The molecule has 2 atom stereocenters. The molecule has 6 nitrogen and oxygen atoms in total. The van der Waals surface area contributed by atoms with Crippen LogP contribution in [0.5, 0.6) is 11.5 Å². The van der Waals surface area contributed by atoms with Gasteiger partial charge in [-0.3, -0.25) is 9.69 Å². The lowest BCUT2D eigenvalue weighted by Crippen LogP contribution is -2.42. The van der Waals surface area contributed by atoms with E-state index < -0.39 is 0 Å². The summed E-state index contributed by atoms with van der Waals surface area (Å²) in [5.41, 5.74) is 2.31. The summed E-state index contributed by atoms with van der Waals surface area (Å²) in [6, 6.07) is 20.9. The lowest BCUT2D eigenvalue weighted by molar-refractivity contribution is -0.125. The van der Waals surface area contributed by atoms with Gasteiger partial charge in [0.1, 0.15) is 11.5 Å². The fourth-order valence-corrected chi connectivity index (χ4v) is 4.59. The predicted molar refractivity (Wildman–Crippen MR) is 132 cm³/mol. The van der Waals surface area contributed by atoms with Gasteiger partial charge < -0.3 is 20.1 Å². The Labute approximate surface area is 195 Å². The average Bonchev–Trinajstić information content (AvgIpc) is 3.25. The maximum atomic E-state index is 12.8. The van der Waals surface area contributed by atoms with Gasteiger partial charge in [-0.15, -0.1) is 0 Å². The van der Waals surface area contributed by atoms with E-state index in [1.54, 1.807) is 14.2 Å². The Morgan fingerprint density at radius 3 is 2.39 bits per heavy atom. The molecule has 1 fully saturated rings. The van der Waals surface area contributed by atoms with Gasteiger partial charge in [0.2, 0.25) is 5.91 Å². The highest BCUT2D eigenvalue weighted by atomic mass is 16.5. The Hall–Kier alpha value is -3.09. The van der Waals surface area contributed by atoms with E-state index in [-0.39, 0.29) is 18.0 Å². The first-order chi connectivity index (χ1) is 16.1. The number of fused-ring (bicyclic) bond motifs is 1. The minimum Gasteiger partial charge on any atom is -0.497 e. The molecule has 1 aliphatic rings. The average molecular weight is 448 g/mol. The van der Waals surface area contributed by atoms with E-state index in [9.17, 15) is 4.79 Å². The third-order valence-electron chi connectivity index (χ3n) is 6.26. The lowest BCUT2D eigenvalue weighted by Gasteiger charge is -2.23. The summed E-state index contributed by atoms with van der Waals surface area (Å²) in [5, 5.41) is 9.12. The molecule has 3 aromatic rings. The molecule has 3 aromatic carbocycles. The van der Waals surface area contributed by atoms with Crippen LogP contribution in [0.2, 0.25) is 0 Å². The zero-order valence-corrected chi connectivity index (χ0v) is 19.6. The molecule has 6 heteroatoms. The molecule has 0 unspecified atom stereocenters. The molecular weight excluding hydrogens is 414 g/mol. The molecule has 4 rings (SSSR count). The number of nitrogens with zero attached hydrogens (tertiary/aromatic N) is 1. The van der Waals surface area contributed by atoms with E-state index in [1.165, 1.54) is 16.3 Å². The number of likely N-dealkylation sites (N-methyl/N-ethyl adjacent to an activating group) is 1. The number of carbonyl (C=O) groups is 1. The van der Waals surface area contributed by atoms with Gasteiger partial charge >= 0.3 is 0 Å². The van der Waals surface area contributed by atoms with Crippen molar-refractivity contribution in [3.63, 3.8) is 0 Å². The number of amides is 1. The van der Waals surface area contributed by atoms with Gasteiger partial charge in [0.25, 0.3) is 0 Å². The second-order valence-corrected chi connectivity index (χ2v) is 8.56. The summed E-state index contributed by atoms with van der Waals surface area (Å²) in [6.07, 6.45) is 0.778. The van der Waals surface area contributed by atoms with Crippen molar-refractivity contribution in [3.05, 3.63) is 71.8 Å². The third kappa shape index (κ3) is 5.64. The first-order valence-corrected chi connectivity index (χ1v) is 11.5. The zero-order chi connectivity index (χ0) is 23.2. The van der Waals surface area contributed by atoms with Gasteiger partial charge in [0.15, 0.2) is 0 Å². The minimum absolute atomic E-state index is 0.102. The SMILES string of the molecule is CCNC(=O)[C@@H]1C[C@@H](NCc2cc(OC)cc(OC)c2)CN1Cc1ccc2ccccc2c1. The number of rotatable bonds is 9. The Bertz CT molecular complexity index is 1080. The molecule has 1 amide bonds. The fraction of sp³-hybridized carbons (Fsp3) is 0.370. The molecular formula is C27H33N3O3. The van der Waals surface area contributed by atoms with Crippen LogP contribution in [0.3, 0.4) is 0 Å². The molecule has 1 aliphatic heterocycles. The molecule has 0 radical (unpaired) electrons. The molecule has 0 aliphatic carbocycles. The molecule has 0 saturated carbocycles. The van der Waals surface area contributed by atoms with Crippen molar-refractivity contribution in [3.8, 4) is 11.5 Å². The largest absolute Gasteiger partial charge is 0.497 e. The normalized spacial score (nSPS) is 18.4. The van der Waals surface area contributed by atoms with E-state index in [4.69, 9.17) is 9.47 Å². The first kappa shape index (κ1) is 23.1. The van der Waals surface area contributed by atoms with E-state index >= 15 is 0 Å². The lowest BCUT2D eigenvalue weighted by atomic mass is 10.1. The number of carbonyl (C=O) groups excluding carboxylic acids is 1. The third-order valence-corrected chi connectivity index (χ3v) is 6.26. The standard InChI is InChI=1S/C27H33N3O3/c1-4-28-27(31)26-14-23(29-16-20-12-24(32-2)15-25(13-20)33-3)18-30(26)17-19-9-10-21-7-5-6-8-22(21)11-19/h5-13,15,23,26,29H,4,14,16-18H2,1-3H3,(H,28,31)/t23-,26+/m1/s1. The van der Waals surface area contributed by atoms with Gasteiger partial charge in [-0.05, 0) is 53.4 Å². The van der Waals surface area contributed by atoms with E-state index in [0.717, 1.165) is 36.6 Å². The van der Waals surface area contributed by atoms with E-state index in [0.29, 0.717) is 13.1 Å². The van der Waals surface area contributed by atoms with Crippen LogP contribution < -0.4 is 20.1 Å². The van der Waals surface area contributed by atoms with Crippen molar-refractivity contribution >= 4 is 16.7 Å². The highest BCUT2D eigenvalue weighted by Gasteiger charge is 2.36. The van der Waals surface area contributed by atoms with Crippen molar-refractivity contribution in [2.24, 2.45) is 0 Å². The van der Waals surface area contributed by atoms with Gasteiger partial charge in [-0.2, -0.15) is 0 Å². The first-order valence-electron chi connectivity index (χ1n) is 11.5. The second kappa shape index (κ2) is 10.7. The predicted octanol–water partition coefficient (Wildman–Crippen LogP) is 3.73. The van der Waals surface area contributed by atoms with Crippen LogP contribution in [-0.2, 0) is 17.9 Å². The minimum atomic E-state index is -0.145. The molecule has 0 bridgehead atoms. The smallest absolute Gasteiger partial charge is 0.237 e. The summed E-state index contributed by atoms with van der Waals surface area (Å²) < 4.78 is 10.8. The Balaban J connectivity index is 1.46. The summed E-state index contributed by atoms with van der Waals surface area (Å²) in [7, 11) is 3.31. The Morgan fingerprint density at radius 2 is 1.70 bits per heavy atom. The molecule has 2 N–H and O–H groups in total. The van der Waals surface area contributed by atoms with Crippen LogP contribution in [0, 0.1) is 0 Å². The van der Waals surface area contributed by atoms with E-state index in [1.807, 2.05) is 25.1 Å². The number of hydrogen-bond donors (Lipinski definition) is 2. The van der Waals surface area contributed by atoms with Crippen molar-refractivity contribution < 1.29 is 14.3 Å². The topological polar surface area (TPSA) is 62.8 Å². The number of nitrogens with one attached hydrogen (secondary N) is 2. The fourth-order valence-electron chi connectivity index (χ4n) is 4.59. The monoisotopic (exact) mass is 447 g/mol. The van der Waals surface area contributed by atoms with Crippen molar-refractivity contribution in [1.29, 1.82) is 0 Å². The van der Waals surface area contributed by atoms with Crippen LogP contribution in [-0.4, -0.2) is 50.2 Å². The molecule has 0 aromatic heterocycles. The van der Waals surface area contributed by atoms with E-state index in [2.05, 4.69) is 58.0 Å². The number of methoxy groups -OCH3 is 2. The summed E-state index contributed by atoms with van der Waals surface area (Å²) in [5.74, 6) is 1.65. The summed E-state index contributed by atoms with van der Waals surface area (Å²) >= 11 is 0. The number of benzene rings is 3. The molecule has 174 valence electrons. The van der Waals surface area contributed by atoms with Gasteiger partial charge in [-0.25, -0.2) is 0 Å². The summed E-state index contributed by atoms with van der Waals surface area (Å²) in [4.78, 5) is 15.1. The van der Waals surface area contributed by atoms with Gasteiger partial charge in [0.05, 0.1) is 20.3 Å². The number of ether oxygens (including phenoxy) is 2. The Morgan fingerprint density at radius 1 is 0.970 bits per heavy atom. The maximum absolute atomic E-state index is 12.8. The quantitative estimate of drug-likeness (QED) is 0.523. The highest BCUT2D eigenvalue weighted by Crippen LogP contribution is 2.25. The highest BCUT2D eigenvalue weighted by molar-refractivity contribution is 5.83. The Kier molecular flexibility index (Phi) is 7.47. The van der Waals surface area contributed by atoms with Crippen LogP contribution >= 0.6 is 0 Å². The van der Waals surface area contributed by atoms with Crippen LogP contribution in [0.25, 0.3) is 10.8 Å². The zero-order valence-electron chi connectivity index (χ0n) is 19.6.